The van der Waals surface area contributed by atoms with E-state index in [-0.39, 0.29) is 0 Å². The van der Waals surface area contributed by atoms with Gasteiger partial charge in [-0.3, -0.25) is 9.80 Å². The standard InChI is InChI=1S/C22H38N2/c1-6-13-24(21(7-2)8-3)22-11-14-23(15-12-22)17-20-10-9-18(4)16-19(20)5/h9-10,16,21-22H,6-8,11-15,17H2,1-5H3. The van der Waals surface area contributed by atoms with Crippen molar-refractivity contribution in [2.45, 2.75) is 85.4 Å². The fraction of sp³-hybridized carbons (Fsp3) is 0.727. The minimum absolute atomic E-state index is 0.779. The number of nitrogens with zero attached hydrogens (tertiary/aromatic N) is 2. The lowest BCUT2D eigenvalue weighted by Gasteiger charge is -2.42. The lowest BCUT2D eigenvalue weighted by atomic mass is 9.97. The molecule has 136 valence electrons. The third-order valence-electron chi connectivity index (χ3n) is 5.81. The first-order valence-corrected chi connectivity index (χ1v) is 10.1. The van der Waals surface area contributed by atoms with Crippen molar-refractivity contribution in [1.29, 1.82) is 0 Å². The second kappa shape index (κ2) is 9.58. The van der Waals surface area contributed by atoms with Crippen LogP contribution in [0, 0.1) is 13.8 Å². The molecule has 0 amide bonds. The Kier molecular flexibility index (Phi) is 7.77. The molecule has 2 rings (SSSR count). The molecule has 1 heterocycles. The number of hydrogen-bond donors (Lipinski definition) is 0. The van der Waals surface area contributed by atoms with Gasteiger partial charge in [-0.05, 0) is 76.7 Å². The van der Waals surface area contributed by atoms with Gasteiger partial charge in [-0.25, -0.2) is 0 Å². The highest BCUT2D eigenvalue weighted by Crippen LogP contribution is 2.23. The van der Waals surface area contributed by atoms with Crippen LogP contribution in [0.25, 0.3) is 0 Å². The van der Waals surface area contributed by atoms with Gasteiger partial charge in [0, 0.05) is 18.6 Å². The maximum atomic E-state index is 2.83. The van der Waals surface area contributed by atoms with Gasteiger partial charge in [-0.15, -0.1) is 0 Å². The zero-order chi connectivity index (χ0) is 17.5. The Morgan fingerprint density at radius 3 is 2.29 bits per heavy atom. The van der Waals surface area contributed by atoms with Crippen molar-refractivity contribution in [2.75, 3.05) is 19.6 Å². The molecule has 1 aromatic carbocycles. The van der Waals surface area contributed by atoms with E-state index in [0.29, 0.717) is 0 Å². The van der Waals surface area contributed by atoms with Gasteiger partial charge < -0.3 is 0 Å². The molecule has 0 N–H and O–H groups in total. The van der Waals surface area contributed by atoms with Crippen LogP contribution in [-0.4, -0.2) is 41.5 Å². The number of aryl methyl sites for hydroxylation is 2. The Morgan fingerprint density at radius 2 is 1.75 bits per heavy atom. The molecule has 0 aliphatic carbocycles. The van der Waals surface area contributed by atoms with Crippen molar-refractivity contribution in [1.82, 2.24) is 9.80 Å². The third kappa shape index (κ3) is 5.07. The molecule has 2 nitrogen and oxygen atoms in total. The van der Waals surface area contributed by atoms with Gasteiger partial charge in [0.2, 0.25) is 0 Å². The maximum Gasteiger partial charge on any atom is 0.0236 e. The molecule has 0 radical (unpaired) electrons. The second-order valence-corrected chi connectivity index (χ2v) is 7.65. The van der Waals surface area contributed by atoms with Gasteiger partial charge >= 0.3 is 0 Å². The van der Waals surface area contributed by atoms with Gasteiger partial charge in [0.15, 0.2) is 0 Å². The van der Waals surface area contributed by atoms with Gasteiger partial charge in [-0.1, -0.05) is 44.5 Å². The van der Waals surface area contributed by atoms with Crippen molar-refractivity contribution >= 4 is 0 Å². The first-order valence-electron chi connectivity index (χ1n) is 10.1. The Morgan fingerprint density at radius 1 is 1.08 bits per heavy atom. The van der Waals surface area contributed by atoms with E-state index >= 15 is 0 Å². The number of rotatable bonds is 8. The highest BCUT2D eigenvalue weighted by atomic mass is 15.2. The van der Waals surface area contributed by atoms with E-state index in [9.17, 15) is 0 Å². The van der Waals surface area contributed by atoms with Crippen molar-refractivity contribution in [3.8, 4) is 0 Å². The smallest absolute Gasteiger partial charge is 0.0236 e. The lowest BCUT2D eigenvalue weighted by molar-refractivity contribution is 0.0669. The van der Waals surface area contributed by atoms with E-state index < -0.39 is 0 Å². The van der Waals surface area contributed by atoms with Crippen LogP contribution in [0.5, 0.6) is 0 Å². The predicted octanol–water partition coefficient (Wildman–Crippen LogP) is 5.17. The minimum atomic E-state index is 0.779. The van der Waals surface area contributed by atoms with Gasteiger partial charge in [0.05, 0.1) is 0 Å². The molecule has 0 spiro atoms. The normalized spacial score (nSPS) is 17.1. The number of piperidine rings is 1. The average molecular weight is 331 g/mol. The van der Waals surface area contributed by atoms with Gasteiger partial charge in [0.1, 0.15) is 0 Å². The molecule has 0 unspecified atom stereocenters. The Hall–Kier alpha value is -0.860. The average Bonchev–Trinajstić information content (AvgIpc) is 2.58. The summed E-state index contributed by atoms with van der Waals surface area (Å²) in [6.07, 6.45) is 6.53. The summed E-state index contributed by atoms with van der Waals surface area (Å²) in [7, 11) is 0. The molecular weight excluding hydrogens is 292 g/mol. The number of likely N-dealkylation sites (tertiary alicyclic amines) is 1. The van der Waals surface area contributed by atoms with E-state index in [1.807, 2.05) is 0 Å². The van der Waals surface area contributed by atoms with Crippen LogP contribution < -0.4 is 0 Å². The SMILES string of the molecule is CCCN(C(CC)CC)C1CCN(Cc2ccc(C)cc2C)CC1. The highest BCUT2D eigenvalue weighted by molar-refractivity contribution is 5.30. The summed E-state index contributed by atoms with van der Waals surface area (Å²) >= 11 is 0. The van der Waals surface area contributed by atoms with Crippen LogP contribution in [0.2, 0.25) is 0 Å². The number of benzene rings is 1. The monoisotopic (exact) mass is 330 g/mol. The summed E-state index contributed by atoms with van der Waals surface area (Å²) in [5.74, 6) is 0. The summed E-state index contributed by atoms with van der Waals surface area (Å²) in [5.41, 5.74) is 4.32. The summed E-state index contributed by atoms with van der Waals surface area (Å²) in [4.78, 5) is 5.49. The zero-order valence-corrected chi connectivity index (χ0v) is 16.6. The van der Waals surface area contributed by atoms with Crippen LogP contribution in [0.4, 0.5) is 0 Å². The first kappa shape index (κ1) is 19.5. The molecule has 1 aliphatic heterocycles. The topological polar surface area (TPSA) is 6.48 Å². The number of hydrogen-bond acceptors (Lipinski definition) is 2. The lowest BCUT2D eigenvalue weighted by Crippen LogP contribution is -2.49. The van der Waals surface area contributed by atoms with Crippen LogP contribution in [0.15, 0.2) is 18.2 Å². The largest absolute Gasteiger partial charge is 0.299 e. The quantitative estimate of drug-likeness (QED) is 0.649. The second-order valence-electron chi connectivity index (χ2n) is 7.65. The van der Waals surface area contributed by atoms with Crippen LogP contribution >= 0.6 is 0 Å². The molecule has 0 aromatic heterocycles. The van der Waals surface area contributed by atoms with Crippen LogP contribution in [-0.2, 0) is 6.54 Å². The van der Waals surface area contributed by atoms with Crippen LogP contribution in [0.1, 0.15) is 69.6 Å². The molecule has 24 heavy (non-hydrogen) atoms. The molecule has 1 aliphatic rings. The molecular formula is C22H38N2. The Labute approximate surface area is 150 Å². The molecule has 2 heteroatoms. The van der Waals surface area contributed by atoms with E-state index in [1.54, 1.807) is 0 Å². The molecule has 0 atom stereocenters. The molecule has 0 saturated carbocycles. The summed E-state index contributed by atoms with van der Waals surface area (Å²) in [6.45, 7) is 16.4. The van der Waals surface area contributed by atoms with E-state index in [1.165, 1.54) is 68.4 Å². The molecule has 1 fully saturated rings. The summed E-state index contributed by atoms with van der Waals surface area (Å²) in [5, 5.41) is 0. The summed E-state index contributed by atoms with van der Waals surface area (Å²) < 4.78 is 0. The van der Waals surface area contributed by atoms with Crippen molar-refractivity contribution in [3.05, 3.63) is 34.9 Å². The van der Waals surface area contributed by atoms with Gasteiger partial charge in [0.25, 0.3) is 0 Å². The first-order chi connectivity index (χ1) is 11.6. The Bertz CT molecular complexity index is 485. The molecule has 1 aromatic rings. The van der Waals surface area contributed by atoms with E-state index in [2.05, 4.69) is 62.6 Å². The summed E-state index contributed by atoms with van der Waals surface area (Å²) in [6, 6.07) is 8.47. The van der Waals surface area contributed by atoms with Crippen molar-refractivity contribution < 1.29 is 0 Å². The van der Waals surface area contributed by atoms with Crippen molar-refractivity contribution in [2.24, 2.45) is 0 Å². The van der Waals surface area contributed by atoms with Crippen molar-refractivity contribution in [3.63, 3.8) is 0 Å². The molecule has 1 saturated heterocycles. The van der Waals surface area contributed by atoms with E-state index in [0.717, 1.165) is 18.6 Å². The third-order valence-corrected chi connectivity index (χ3v) is 5.81. The van der Waals surface area contributed by atoms with Gasteiger partial charge in [-0.2, -0.15) is 0 Å². The van der Waals surface area contributed by atoms with E-state index in [4.69, 9.17) is 0 Å². The predicted molar refractivity (Wildman–Crippen MR) is 106 cm³/mol. The fourth-order valence-corrected chi connectivity index (χ4v) is 4.35. The highest BCUT2D eigenvalue weighted by Gasteiger charge is 2.27. The minimum Gasteiger partial charge on any atom is -0.299 e. The Balaban J connectivity index is 1.91. The zero-order valence-electron chi connectivity index (χ0n) is 16.6. The maximum absolute atomic E-state index is 2.83. The van der Waals surface area contributed by atoms with Crippen LogP contribution in [0.3, 0.4) is 0 Å². The fourth-order valence-electron chi connectivity index (χ4n) is 4.35. The molecule has 0 bridgehead atoms.